The largest absolute Gasteiger partial charge is 0.463 e. The Morgan fingerprint density at radius 2 is 2.42 bits per heavy atom. The molecule has 5 nitrogen and oxygen atoms in total. The zero-order valence-electron chi connectivity index (χ0n) is 11.2. The van der Waals surface area contributed by atoms with E-state index in [4.69, 9.17) is 15.2 Å². The van der Waals surface area contributed by atoms with Gasteiger partial charge in [0.2, 0.25) is 0 Å². The van der Waals surface area contributed by atoms with Gasteiger partial charge >= 0.3 is 5.97 Å². The number of nitrogens with two attached hydrogens (primary N) is 1. The highest BCUT2D eigenvalue weighted by atomic mass is 16.6. The number of hydrogen-bond donors (Lipinski definition) is 1. The fourth-order valence-electron chi connectivity index (χ4n) is 2.07. The molecule has 1 heterocycles. The zero-order valence-corrected chi connectivity index (χ0v) is 11.2. The summed E-state index contributed by atoms with van der Waals surface area (Å²) in [6.07, 6.45) is 0.219. The zero-order chi connectivity index (χ0) is 13.7. The van der Waals surface area contributed by atoms with E-state index in [1.54, 1.807) is 12.1 Å². The number of anilines is 1. The minimum atomic E-state index is -0.248. The lowest BCUT2D eigenvalue weighted by Gasteiger charge is -2.29. The first-order valence-electron chi connectivity index (χ1n) is 6.43. The average molecular weight is 264 g/mol. The molecule has 1 unspecified atom stereocenters. The van der Waals surface area contributed by atoms with Crippen LogP contribution in [0.1, 0.15) is 5.56 Å². The molecule has 1 aliphatic rings. The SMILES string of the molecule is CN1CCOC(COC(=O)Cc2cccc(N)c2)C1. The van der Waals surface area contributed by atoms with Crippen LogP contribution >= 0.6 is 0 Å². The Labute approximate surface area is 113 Å². The summed E-state index contributed by atoms with van der Waals surface area (Å²) < 4.78 is 10.8. The smallest absolute Gasteiger partial charge is 0.310 e. The quantitative estimate of drug-likeness (QED) is 0.640. The minimum absolute atomic E-state index is 0.0245. The van der Waals surface area contributed by atoms with Crippen molar-refractivity contribution in [3.8, 4) is 0 Å². The van der Waals surface area contributed by atoms with Gasteiger partial charge in [-0.25, -0.2) is 0 Å². The summed E-state index contributed by atoms with van der Waals surface area (Å²) in [5.74, 6) is -0.248. The van der Waals surface area contributed by atoms with Crippen LogP contribution in [0.4, 0.5) is 5.69 Å². The molecule has 1 fully saturated rings. The van der Waals surface area contributed by atoms with Gasteiger partial charge in [0.25, 0.3) is 0 Å². The molecule has 0 aromatic heterocycles. The highest BCUT2D eigenvalue weighted by molar-refractivity contribution is 5.73. The Hall–Kier alpha value is -1.59. The standard InChI is InChI=1S/C14H20N2O3/c1-16-5-6-18-13(9-16)10-19-14(17)8-11-3-2-4-12(15)7-11/h2-4,7,13H,5-6,8-10,15H2,1H3. The summed E-state index contributed by atoms with van der Waals surface area (Å²) in [5.41, 5.74) is 7.19. The lowest BCUT2D eigenvalue weighted by atomic mass is 10.1. The Morgan fingerprint density at radius 3 is 3.16 bits per heavy atom. The number of ether oxygens (including phenoxy) is 2. The summed E-state index contributed by atoms with van der Waals surface area (Å²) in [6, 6.07) is 7.27. The molecular formula is C14H20N2O3. The van der Waals surface area contributed by atoms with Crippen LogP contribution in [0.3, 0.4) is 0 Å². The molecule has 1 atom stereocenters. The first-order valence-corrected chi connectivity index (χ1v) is 6.43. The summed E-state index contributed by atoms with van der Waals surface area (Å²) >= 11 is 0. The van der Waals surface area contributed by atoms with Crippen LogP contribution in [0.2, 0.25) is 0 Å². The van der Waals surface area contributed by atoms with Crippen LogP contribution < -0.4 is 5.73 Å². The van der Waals surface area contributed by atoms with Crippen molar-refractivity contribution in [1.29, 1.82) is 0 Å². The van der Waals surface area contributed by atoms with Crippen molar-refractivity contribution in [2.45, 2.75) is 12.5 Å². The number of morpholine rings is 1. The van der Waals surface area contributed by atoms with E-state index in [9.17, 15) is 4.79 Å². The van der Waals surface area contributed by atoms with Crippen molar-refractivity contribution in [3.05, 3.63) is 29.8 Å². The molecule has 0 aliphatic carbocycles. The van der Waals surface area contributed by atoms with Crippen LogP contribution in [-0.2, 0) is 20.7 Å². The average Bonchev–Trinajstić information content (AvgIpc) is 2.36. The van der Waals surface area contributed by atoms with Crippen molar-refractivity contribution in [2.24, 2.45) is 0 Å². The molecule has 1 aliphatic heterocycles. The fraction of sp³-hybridized carbons (Fsp3) is 0.500. The molecule has 5 heteroatoms. The Bertz CT molecular complexity index is 436. The highest BCUT2D eigenvalue weighted by Crippen LogP contribution is 2.09. The summed E-state index contributed by atoms with van der Waals surface area (Å²) in [6.45, 7) is 2.72. The van der Waals surface area contributed by atoms with E-state index in [0.29, 0.717) is 18.9 Å². The minimum Gasteiger partial charge on any atom is -0.463 e. The summed E-state index contributed by atoms with van der Waals surface area (Å²) in [5, 5.41) is 0. The second-order valence-corrected chi connectivity index (χ2v) is 4.86. The maximum atomic E-state index is 11.7. The molecule has 0 saturated carbocycles. The summed E-state index contributed by atoms with van der Waals surface area (Å²) in [4.78, 5) is 13.9. The van der Waals surface area contributed by atoms with E-state index in [1.807, 2.05) is 19.2 Å². The van der Waals surface area contributed by atoms with Gasteiger partial charge in [0.1, 0.15) is 12.7 Å². The number of likely N-dealkylation sites (N-methyl/N-ethyl adjacent to an activating group) is 1. The van der Waals surface area contributed by atoms with E-state index in [1.165, 1.54) is 0 Å². The number of esters is 1. The third-order valence-corrected chi connectivity index (χ3v) is 3.07. The number of nitrogen functional groups attached to an aromatic ring is 1. The van der Waals surface area contributed by atoms with Crippen molar-refractivity contribution in [2.75, 3.05) is 39.1 Å². The molecule has 104 valence electrons. The van der Waals surface area contributed by atoms with Gasteiger partial charge in [-0.1, -0.05) is 12.1 Å². The van der Waals surface area contributed by atoms with Gasteiger partial charge in [-0.05, 0) is 24.7 Å². The predicted molar refractivity (Wildman–Crippen MR) is 72.8 cm³/mol. The third-order valence-electron chi connectivity index (χ3n) is 3.07. The number of hydrogen-bond acceptors (Lipinski definition) is 5. The van der Waals surface area contributed by atoms with Crippen LogP contribution in [0.15, 0.2) is 24.3 Å². The Kier molecular flexibility index (Phi) is 4.76. The van der Waals surface area contributed by atoms with Crippen LogP contribution in [0, 0.1) is 0 Å². The molecule has 2 N–H and O–H groups in total. The molecule has 0 radical (unpaired) electrons. The van der Waals surface area contributed by atoms with Crippen molar-refractivity contribution in [1.82, 2.24) is 4.90 Å². The molecule has 1 saturated heterocycles. The van der Waals surface area contributed by atoms with E-state index in [0.717, 1.165) is 18.7 Å². The summed E-state index contributed by atoms with van der Waals surface area (Å²) in [7, 11) is 2.03. The third kappa shape index (κ3) is 4.54. The maximum Gasteiger partial charge on any atom is 0.310 e. The lowest BCUT2D eigenvalue weighted by Crippen LogP contribution is -2.42. The normalized spacial score (nSPS) is 20.2. The van der Waals surface area contributed by atoms with E-state index in [-0.39, 0.29) is 18.5 Å². The van der Waals surface area contributed by atoms with Crippen molar-refractivity contribution >= 4 is 11.7 Å². The Morgan fingerprint density at radius 1 is 1.58 bits per heavy atom. The number of nitrogens with zero attached hydrogens (tertiary/aromatic N) is 1. The molecule has 0 amide bonds. The molecule has 2 rings (SSSR count). The van der Waals surface area contributed by atoms with E-state index in [2.05, 4.69) is 4.90 Å². The van der Waals surface area contributed by atoms with Gasteiger partial charge in [-0.2, -0.15) is 0 Å². The van der Waals surface area contributed by atoms with E-state index < -0.39 is 0 Å². The second-order valence-electron chi connectivity index (χ2n) is 4.86. The van der Waals surface area contributed by atoms with Crippen LogP contribution in [-0.4, -0.2) is 50.3 Å². The fourth-order valence-corrected chi connectivity index (χ4v) is 2.07. The lowest BCUT2D eigenvalue weighted by molar-refractivity contribution is -0.149. The number of carbonyl (C=O) groups is 1. The molecule has 0 bridgehead atoms. The van der Waals surface area contributed by atoms with Crippen molar-refractivity contribution in [3.63, 3.8) is 0 Å². The molecule has 1 aromatic carbocycles. The molecule has 0 spiro atoms. The number of benzene rings is 1. The van der Waals surface area contributed by atoms with Gasteiger partial charge in [0.05, 0.1) is 13.0 Å². The molecule has 1 aromatic rings. The molecule has 19 heavy (non-hydrogen) atoms. The van der Waals surface area contributed by atoms with Gasteiger partial charge in [-0.15, -0.1) is 0 Å². The van der Waals surface area contributed by atoms with Gasteiger partial charge in [0, 0.05) is 18.8 Å². The monoisotopic (exact) mass is 264 g/mol. The maximum absolute atomic E-state index is 11.7. The number of rotatable bonds is 4. The van der Waals surface area contributed by atoms with Gasteiger partial charge < -0.3 is 20.1 Å². The molecular weight excluding hydrogens is 244 g/mol. The highest BCUT2D eigenvalue weighted by Gasteiger charge is 2.19. The topological polar surface area (TPSA) is 64.8 Å². The predicted octanol–water partition coefficient (Wildman–Crippen LogP) is 0.685. The second kappa shape index (κ2) is 6.54. The first kappa shape index (κ1) is 13.8. The van der Waals surface area contributed by atoms with Crippen molar-refractivity contribution < 1.29 is 14.3 Å². The number of carbonyl (C=O) groups excluding carboxylic acids is 1. The van der Waals surface area contributed by atoms with Gasteiger partial charge in [0.15, 0.2) is 0 Å². The van der Waals surface area contributed by atoms with Crippen LogP contribution in [0.5, 0.6) is 0 Å². The first-order chi connectivity index (χ1) is 9.13. The Balaban J connectivity index is 1.75. The van der Waals surface area contributed by atoms with Gasteiger partial charge in [-0.3, -0.25) is 4.79 Å². The van der Waals surface area contributed by atoms with Crippen LogP contribution in [0.25, 0.3) is 0 Å². The van der Waals surface area contributed by atoms with E-state index >= 15 is 0 Å².